The Morgan fingerprint density at radius 1 is 1.33 bits per heavy atom. The Balaban J connectivity index is 1.50. The van der Waals surface area contributed by atoms with E-state index in [1.165, 1.54) is 4.90 Å². The van der Waals surface area contributed by atoms with Crippen LogP contribution in [-0.2, 0) is 22.6 Å². The Morgan fingerprint density at radius 2 is 2.17 bits per heavy atom. The van der Waals surface area contributed by atoms with Crippen molar-refractivity contribution in [3.63, 3.8) is 0 Å². The predicted octanol–water partition coefficient (Wildman–Crippen LogP) is 1.41. The minimum Gasteiger partial charge on any atom is -0.447 e. The summed E-state index contributed by atoms with van der Waals surface area (Å²) in [6.07, 6.45) is 5.70. The third-order valence-corrected chi connectivity index (χ3v) is 3.93. The number of amides is 2. The van der Waals surface area contributed by atoms with Gasteiger partial charge in [0.15, 0.2) is 0 Å². The van der Waals surface area contributed by atoms with Gasteiger partial charge in [0.05, 0.1) is 12.9 Å². The van der Waals surface area contributed by atoms with Crippen LogP contribution in [0.15, 0.2) is 49.1 Å². The fraction of sp³-hybridized carbons (Fsp3) is 0.353. The van der Waals surface area contributed by atoms with Gasteiger partial charge in [0.25, 0.3) is 0 Å². The molecule has 1 saturated heterocycles. The lowest BCUT2D eigenvalue weighted by molar-refractivity contribution is -0.125. The molecule has 1 N–H and O–H groups in total. The van der Waals surface area contributed by atoms with E-state index in [9.17, 15) is 9.59 Å². The molecule has 0 radical (unpaired) electrons. The van der Waals surface area contributed by atoms with Crippen LogP contribution in [0.25, 0.3) is 0 Å². The third-order valence-electron chi connectivity index (χ3n) is 3.93. The molecule has 2 heterocycles. The first-order valence-electron chi connectivity index (χ1n) is 7.95. The maximum absolute atomic E-state index is 12.3. The van der Waals surface area contributed by atoms with Crippen LogP contribution in [0.1, 0.15) is 12.0 Å². The summed E-state index contributed by atoms with van der Waals surface area (Å²) in [5.74, 6) is -0.178. The van der Waals surface area contributed by atoms with Crippen molar-refractivity contribution in [3.05, 3.63) is 54.6 Å². The van der Waals surface area contributed by atoms with Gasteiger partial charge in [-0.3, -0.25) is 9.69 Å². The second kappa shape index (κ2) is 7.63. The summed E-state index contributed by atoms with van der Waals surface area (Å²) in [4.78, 5) is 29.7. The lowest BCUT2D eigenvalue weighted by Crippen LogP contribution is -2.45. The number of aryl methyl sites for hydroxylation is 1. The average Bonchev–Trinajstić information content (AvgIpc) is 3.23. The Hall–Kier alpha value is -2.83. The summed E-state index contributed by atoms with van der Waals surface area (Å²) in [5.41, 5.74) is 0.967. The van der Waals surface area contributed by atoms with Crippen LogP contribution in [-0.4, -0.2) is 45.6 Å². The molecule has 1 aliphatic rings. The zero-order valence-electron chi connectivity index (χ0n) is 13.3. The first kappa shape index (κ1) is 16.0. The third kappa shape index (κ3) is 3.92. The van der Waals surface area contributed by atoms with Crippen LogP contribution >= 0.6 is 0 Å². The molecule has 2 amide bonds. The van der Waals surface area contributed by atoms with E-state index in [0.717, 1.165) is 18.5 Å². The molecule has 7 nitrogen and oxygen atoms in total. The quantitative estimate of drug-likeness (QED) is 0.780. The molecule has 0 bridgehead atoms. The maximum Gasteiger partial charge on any atom is 0.410 e. The van der Waals surface area contributed by atoms with Gasteiger partial charge in [-0.25, -0.2) is 9.78 Å². The van der Waals surface area contributed by atoms with E-state index in [4.69, 9.17) is 4.74 Å². The molecule has 1 aliphatic heterocycles. The van der Waals surface area contributed by atoms with E-state index >= 15 is 0 Å². The first-order chi connectivity index (χ1) is 11.7. The van der Waals surface area contributed by atoms with Gasteiger partial charge in [-0.05, 0) is 12.0 Å². The SMILES string of the molecule is O=C(NCCCn1ccnc1)[C@@H]1COC(=O)N1Cc1ccccc1. The Labute approximate surface area is 140 Å². The second-order valence-electron chi connectivity index (χ2n) is 5.65. The fourth-order valence-corrected chi connectivity index (χ4v) is 2.63. The molecular weight excluding hydrogens is 308 g/mol. The number of nitrogens with zero attached hydrogens (tertiary/aromatic N) is 3. The topological polar surface area (TPSA) is 76.5 Å². The zero-order chi connectivity index (χ0) is 16.8. The predicted molar refractivity (Wildman–Crippen MR) is 87.0 cm³/mol. The molecule has 1 aromatic carbocycles. The molecule has 7 heteroatoms. The van der Waals surface area contributed by atoms with E-state index in [2.05, 4.69) is 10.3 Å². The highest BCUT2D eigenvalue weighted by atomic mass is 16.6. The van der Waals surface area contributed by atoms with E-state index in [0.29, 0.717) is 13.1 Å². The highest BCUT2D eigenvalue weighted by Crippen LogP contribution is 2.16. The molecule has 1 atom stereocenters. The van der Waals surface area contributed by atoms with Gasteiger partial charge in [0, 0.05) is 25.5 Å². The number of hydrogen-bond acceptors (Lipinski definition) is 4. The van der Waals surface area contributed by atoms with Crippen molar-refractivity contribution in [1.82, 2.24) is 19.8 Å². The van der Waals surface area contributed by atoms with Crippen LogP contribution in [0.2, 0.25) is 0 Å². The minimum absolute atomic E-state index is 0.0963. The van der Waals surface area contributed by atoms with Crippen molar-refractivity contribution in [2.24, 2.45) is 0 Å². The lowest BCUT2D eigenvalue weighted by atomic mass is 10.2. The molecule has 0 aliphatic carbocycles. The Bertz CT molecular complexity index is 672. The Kier molecular flexibility index (Phi) is 5.10. The molecule has 0 saturated carbocycles. The summed E-state index contributed by atoms with van der Waals surface area (Å²) in [6, 6.07) is 8.99. The van der Waals surface area contributed by atoms with E-state index in [1.54, 1.807) is 12.5 Å². The standard InChI is InChI=1S/C17H20N4O3/c22-16(19-7-4-9-20-10-8-18-13-20)15-12-24-17(23)21(15)11-14-5-2-1-3-6-14/h1-3,5-6,8,10,13,15H,4,7,9,11-12H2,(H,19,22)/t15-/m0/s1. The number of carbonyl (C=O) groups excluding carboxylic acids is 2. The van der Waals surface area contributed by atoms with Gasteiger partial charge in [0.2, 0.25) is 5.91 Å². The van der Waals surface area contributed by atoms with E-state index in [-0.39, 0.29) is 12.5 Å². The monoisotopic (exact) mass is 328 g/mol. The summed E-state index contributed by atoms with van der Waals surface area (Å²) >= 11 is 0. The number of benzene rings is 1. The molecule has 1 aromatic heterocycles. The number of aromatic nitrogens is 2. The highest BCUT2D eigenvalue weighted by molar-refractivity contribution is 5.87. The second-order valence-corrected chi connectivity index (χ2v) is 5.65. The number of cyclic esters (lactones) is 1. The smallest absolute Gasteiger partial charge is 0.410 e. The largest absolute Gasteiger partial charge is 0.447 e. The number of carbonyl (C=O) groups is 2. The maximum atomic E-state index is 12.3. The van der Waals surface area contributed by atoms with Crippen LogP contribution < -0.4 is 5.32 Å². The van der Waals surface area contributed by atoms with Gasteiger partial charge in [-0.15, -0.1) is 0 Å². The van der Waals surface area contributed by atoms with Gasteiger partial charge < -0.3 is 14.6 Å². The number of hydrogen-bond donors (Lipinski definition) is 1. The lowest BCUT2D eigenvalue weighted by Gasteiger charge is -2.20. The normalized spacial score (nSPS) is 16.9. The molecule has 2 aromatic rings. The molecule has 3 rings (SSSR count). The van der Waals surface area contributed by atoms with Crippen LogP contribution in [0.4, 0.5) is 4.79 Å². The van der Waals surface area contributed by atoms with Crippen molar-refractivity contribution in [1.29, 1.82) is 0 Å². The van der Waals surface area contributed by atoms with Crippen molar-refractivity contribution in [2.75, 3.05) is 13.2 Å². The molecular formula is C17H20N4O3. The minimum atomic E-state index is -0.578. The summed E-state index contributed by atoms with van der Waals surface area (Å²) in [6.45, 7) is 1.79. The molecule has 0 unspecified atom stereocenters. The molecule has 126 valence electrons. The fourth-order valence-electron chi connectivity index (χ4n) is 2.63. The van der Waals surface area contributed by atoms with E-state index in [1.807, 2.05) is 41.1 Å². The number of rotatable bonds is 7. The molecule has 0 spiro atoms. The van der Waals surface area contributed by atoms with Crippen LogP contribution in [0.3, 0.4) is 0 Å². The molecule has 1 fully saturated rings. The van der Waals surface area contributed by atoms with Crippen LogP contribution in [0.5, 0.6) is 0 Å². The van der Waals surface area contributed by atoms with Crippen molar-refractivity contribution in [3.8, 4) is 0 Å². The van der Waals surface area contributed by atoms with Crippen molar-refractivity contribution < 1.29 is 14.3 Å². The highest BCUT2D eigenvalue weighted by Gasteiger charge is 2.37. The number of nitrogens with one attached hydrogen (secondary N) is 1. The Morgan fingerprint density at radius 3 is 2.92 bits per heavy atom. The average molecular weight is 328 g/mol. The van der Waals surface area contributed by atoms with Crippen molar-refractivity contribution in [2.45, 2.75) is 25.6 Å². The first-order valence-corrected chi connectivity index (χ1v) is 7.95. The van der Waals surface area contributed by atoms with Gasteiger partial charge in [-0.1, -0.05) is 30.3 Å². The van der Waals surface area contributed by atoms with Gasteiger partial charge in [0.1, 0.15) is 12.6 Å². The number of ether oxygens (including phenoxy) is 1. The van der Waals surface area contributed by atoms with Gasteiger partial charge in [-0.2, -0.15) is 0 Å². The zero-order valence-corrected chi connectivity index (χ0v) is 13.3. The summed E-state index contributed by atoms with van der Waals surface area (Å²) < 4.78 is 7.00. The van der Waals surface area contributed by atoms with E-state index < -0.39 is 12.1 Å². The number of imidazole rings is 1. The van der Waals surface area contributed by atoms with Crippen LogP contribution in [0, 0.1) is 0 Å². The van der Waals surface area contributed by atoms with Gasteiger partial charge >= 0.3 is 6.09 Å². The molecule has 24 heavy (non-hydrogen) atoms. The summed E-state index contributed by atoms with van der Waals surface area (Å²) in [7, 11) is 0. The summed E-state index contributed by atoms with van der Waals surface area (Å²) in [5, 5.41) is 2.88. The van der Waals surface area contributed by atoms with Crippen molar-refractivity contribution >= 4 is 12.0 Å².